The summed E-state index contributed by atoms with van der Waals surface area (Å²) < 4.78 is 0. The number of piperidine rings is 2. The van der Waals surface area contributed by atoms with Gasteiger partial charge < -0.3 is 10.2 Å². The molecule has 1 atom stereocenters. The van der Waals surface area contributed by atoms with E-state index in [0.717, 1.165) is 37.4 Å². The summed E-state index contributed by atoms with van der Waals surface area (Å²) in [6.45, 7) is 6.48. The normalized spacial score (nSPS) is 22.1. The monoisotopic (exact) mass is 342 g/mol. The molecule has 3 nitrogen and oxygen atoms in total. The van der Waals surface area contributed by atoms with Crippen LogP contribution in [-0.4, -0.2) is 37.0 Å². The van der Waals surface area contributed by atoms with Crippen LogP contribution in [0.1, 0.15) is 67.8 Å². The van der Waals surface area contributed by atoms with Gasteiger partial charge in [0.2, 0.25) is 0 Å². The maximum Gasteiger partial charge on any atom is 0.253 e. The topological polar surface area (TPSA) is 32.3 Å². The summed E-state index contributed by atoms with van der Waals surface area (Å²) >= 11 is 0. The number of aryl methyl sites for hydroxylation is 1. The second-order valence-electron chi connectivity index (χ2n) is 8.13. The molecule has 1 amide bonds. The first-order valence-corrected chi connectivity index (χ1v) is 10.3. The van der Waals surface area contributed by atoms with Gasteiger partial charge in [0.05, 0.1) is 0 Å². The lowest BCUT2D eigenvalue weighted by molar-refractivity contribution is 0.0683. The van der Waals surface area contributed by atoms with Crippen molar-refractivity contribution in [1.82, 2.24) is 10.2 Å². The molecule has 1 unspecified atom stereocenters. The standard InChI is InChI=1S/C22H34N2O/c1-18-5-4-16-24(17-18)22(25)21-10-8-19(9-11-21)6-2-3-7-20-12-14-23-15-13-20/h8-11,18,20,23H,2-7,12-17H2,1H3. The van der Waals surface area contributed by atoms with Crippen molar-refractivity contribution in [2.24, 2.45) is 11.8 Å². The molecule has 0 radical (unpaired) electrons. The van der Waals surface area contributed by atoms with Crippen LogP contribution in [0.3, 0.4) is 0 Å². The zero-order chi connectivity index (χ0) is 17.5. The highest BCUT2D eigenvalue weighted by Crippen LogP contribution is 2.21. The molecule has 2 fully saturated rings. The van der Waals surface area contributed by atoms with Crippen molar-refractivity contribution in [3.05, 3.63) is 35.4 Å². The molecular formula is C22H34N2O. The maximum absolute atomic E-state index is 12.6. The Bertz CT molecular complexity index is 533. The van der Waals surface area contributed by atoms with Crippen molar-refractivity contribution >= 4 is 5.91 Å². The lowest BCUT2D eigenvalue weighted by Crippen LogP contribution is -2.39. The number of nitrogens with zero attached hydrogens (tertiary/aromatic N) is 1. The Morgan fingerprint density at radius 1 is 1.12 bits per heavy atom. The zero-order valence-electron chi connectivity index (χ0n) is 15.8. The van der Waals surface area contributed by atoms with E-state index in [4.69, 9.17) is 0 Å². The average Bonchev–Trinajstić information content (AvgIpc) is 2.66. The van der Waals surface area contributed by atoms with E-state index in [1.165, 1.54) is 57.2 Å². The predicted molar refractivity (Wildman–Crippen MR) is 104 cm³/mol. The summed E-state index contributed by atoms with van der Waals surface area (Å²) in [4.78, 5) is 14.6. The fraction of sp³-hybridized carbons (Fsp3) is 0.682. The quantitative estimate of drug-likeness (QED) is 0.783. The van der Waals surface area contributed by atoms with Crippen LogP contribution in [0.2, 0.25) is 0 Å². The third-order valence-corrected chi connectivity index (χ3v) is 5.93. The van der Waals surface area contributed by atoms with Gasteiger partial charge in [0.1, 0.15) is 0 Å². The van der Waals surface area contributed by atoms with Crippen LogP contribution in [0.25, 0.3) is 0 Å². The van der Waals surface area contributed by atoms with Crippen molar-refractivity contribution in [1.29, 1.82) is 0 Å². The molecule has 3 heteroatoms. The molecule has 2 aliphatic heterocycles. The molecule has 25 heavy (non-hydrogen) atoms. The lowest BCUT2D eigenvalue weighted by atomic mass is 9.92. The van der Waals surface area contributed by atoms with Gasteiger partial charge in [-0.05, 0) is 81.1 Å². The minimum absolute atomic E-state index is 0.212. The number of carbonyl (C=O) groups is 1. The van der Waals surface area contributed by atoms with Gasteiger partial charge >= 0.3 is 0 Å². The summed E-state index contributed by atoms with van der Waals surface area (Å²) in [5.74, 6) is 1.79. The molecule has 2 aliphatic rings. The summed E-state index contributed by atoms with van der Waals surface area (Å²) in [5.41, 5.74) is 2.22. The summed E-state index contributed by atoms with van der Waals surface area (Å²) in [5, 5.41) is 3.44. The third-order valence-electron chi connectivity index (χ3n) is 5.93. The second kappa shape index (κ2) is 9.38. The number of likely N-dealkylation sites (tertiary alicyclic amines) is 1. The van der Waals surface area contributed by atoms with Crippen LogP contribution >= 0.6 is 0 Å². The minimum Gasteiger partial charge on any atom is -0.338 e. The highest BCUT2D eigenvalue weighted by Gasteiger charge is 2.21. The number of benzene rings is 1. The molecular weight excluding hydrogens is 308 g/mol. The fourth-order valence-electron chi connectivity index (χ4n) is 4.30. The molecule has 1 N–H and O–H groups in total. The minimum atomic E-state index is 0.212. The fourth-order valence-corrected chi connectivity index (χ4v) is 4.30. The molecule has 138 valence electrons. The first kappa shape index (κ1) is 18.4. The van der Waals surface area contributed by atoms with Crippen LogP contribution in [-0.2, 0) is 6.42 Å². The van der Waals surface area contributed by atoms with Gasteiger partial charge in [-0.1, -0.05) is 31.9 Å². The molecule has 1 aromatic rings. The van der Waals surface area contributed by atoms with E-state index in [9.17, 15) is 4.79 Å². The molecule has 0 aromatic heterocycles. The number of carbonyl (C=O) groups excluding carboxylic acids is 1. The van der Waals surface area contributed by atoms with E-state index in [-0.39, 0.29) is 5.91 Å². The zero-order valence-corrected chi connectivity index (χ0v) is 15.8. The number of unbranched alkanes of at least 4 members (excludes halogenated alkanes) is 1. The predicted octanol–water partition coefficient (Wildman–Crippen LogP) is 4.27. The molecule has 2 heterocycles. The van der Waals surface area contributed by atoms with Gasteiger partial charge in [0, 0.05) is 18.7 Å². The van der Waals surface area contributed by atoms with E-state index in [1.54, 1.807) is 0 Å². The number of nitrogens with one attached hydrogen (secondary N) is 1. The molecule has 0 bridgehead atoms. The molecule has 0 spiro atoms. The van der Waals surface area contributed by atoms with Gasteiger partial charge in [0.15, 0.2) is 0 Å². The van der Waals surface area contributed by atoms with E-state index in [2.05, 4.69) is 24.4 Å². The smallest absolute Gasteiger partial charge is 0.253 e. The summed E-state index contributed by atoms with van der Waals surface area (Å²) in [7, 11) is 0. The van der Waals surface area contributed by atoms with E-state index in [0.29, 0.717) is 5.92 Å². The van der Waals surface area contributed by atoms with Gasteiger partial charge in [-0.3, -0.25) is 4.79 Å². The van der Waals surface area contributed by atoms with Gasteiger partial charge in [-0.25, -0.2) is 0 Å². The van der Waals surface area contributed by atoms with Gasteiger partial charge in [0.25, 0.3) is 5.91 Å². The Morgan fingerprint density at radius 3 is 2.60 bits per heavy atom. The Kier molecular flexibility index (Phi) is 6.92. The third kappa shape index (κ3) is 5.57. The summed E-state index contributed by atoms with van der Waals surface area (Å²) in [6.07, 6.45) is 10.2. The van der Waals surface area contributed by atoms with Crippen LogP contribution in [0.15, 0.2) is 24.3 Å². The van der Waals surface area contributed by atoms with Crippen molar-refractivity contribution in [2.45, 2.75) is 58.3 Å². The van der Waals surface area contributed by atoms with Crippen molar-refractivity contribution in [2.75, 3.05) is 26.2 Å². The van der Waals surface area contributed by atoms with Gasteiger partial charge in [-0.2, -0.15) is 0 Å². The van der Waals surface area contributed by atoms with Crippen molar-refractivity contribution in [3.63, 3.8) is 0 Å². The molecule has 1 aromatic carbocycles. The first-order chi connectivity index (χ1) is 12.2. The SMILES string of the molecule is CC1CCCN(C(=O)c2ccc(CCCCC3CCNCC3)cc2)C1. The van der Waals surface area contributed by atoms with Crippen molar-refractivity contribution in [3.8, 4) is 0 Å². The molecule has 3 rings (SSSR count). The van der Waals surface area contributed by atoms with Crippen LogP contribution in [0.4, 0.5) is 0 Å². The van der Waals surface area contributed by atoms with Crippen LogP contribution in [0, 0.1) is 11.8 Å². The van der Waals surface area contributed by atoms with Crippen LogP contribution in [0.5, 0.6) is 0 Å². The number of hydrogen-bond donors (Lipinski definition) is 1. The van der Waals surface area contributed by atoms with E-state index >= 15 is 0 Å². The van der Waals surface area contributed by atoms with E-state index < -0.39 is 0 Å². The largest absolute Gasteiger partial charge is 0.338 e. The second-order valence-corrected chi connectivity index (χ2v) is 8.13. The van der Waals surface area contributed by atoms with Crippen LogP contribution < -0.4 is 5.32 Å². The highest BCUT2D eigenvalue weighted by atomic mass is 16.2. The highest BCUT2D eigenvalue weighted by molar-refractivity contribution is 5.94. The Balaban J connectivity index is 1.41. The van der Waals surface area contributed by atoms with Crippen molar-refractivity contribution < 1.29 is 4.79 Å². The van der Waals surface area contributed by atoms with E-state index in [1.807, 2.05) is 17.0 Å². The Labute approximate surface area is 153 Å². The maximum atomic E-state index is 12.6. The lowest BCUT2D eigenvalue weighted by Gasteiger charge is -2.31. The van der Waals surface area contributed by atoms with Gasteiger partial charge in [-0.15, -0.1) is 0 Å². The average molecular weight is 343 g/mol. The number of hydrogen-bond acceptors (Lipinski definition) is 2. The number of rotatable bonds is 6. The number of amides is 1. The summed E-state index contributed by atoms with van der Waals surface area (Å²) in [6, 6.07) is 8.38. The molecule has 0 aliphatic carbocycles. The first-order valence-electron chi connectivity index (χ1n) is 10.3. The Hall–Kier alpha value is -1.35. The molecule has 0 saturated carbocycles. The molecule has 2 saturated heterocycles. The Morgan fingerprint density at radius 2 is 1.88 bits per heavy atom.